The molecule has 0 atom stereocenters. The van der Waals surface area contributed by atoms with E-state index >= 15 is 0 Å². The molecule has 2 amide bonds. The molecule has 0 aliphatic carbocycles. The number of nitrogens with one attached hydrogen (secondary N) is 2. The number of anilines is 2. The molecule has 0 saturated carbocycles. The molecule has 4 heterocycles. The van der Waals surface area contributed by atoms with Crippen LogP contribution in [0.2, 0.25) is 0 Å². The molecule has 2 aliphatic heterocycles. The monoisotopic (exact) mass is 1080 g/mol. The van der Waals surface area contributed by atoms with Crippen LogP contribution in [0.5, 0.6) is 11.8 Å². The van der Waals surface area contributed by atoms with Crippen molar-refractivity contribution in [3.05, 3.63) is 179 Å². The van der Waals surface area contributed by atoms with Gasteiger partial charge in [0.15, 0.2) is 11.8 Å². The first-order valence-corrected chi connectivity index (χ1v) is 26.4. The first-order chi connectivity index (χ1) is 38.7. The highest BCUT2D eigenvalue weighted by molar-refractivity contribution is 6.23. The van der Waals surface area contributed by atoms with E-state index in [1.807, 2.05) is 109 Å². The van der Waals surface area contributed by atoms with E-state index < -0.39 is 11.9 Å². The molecule has 2 aliphatic rings. The number of amides is 2. The summed E-state index contributed by atoms with van der Waals surface area (Å²) in [6.45, 7) is 8.18. The molecule has 18 nitrogen and oxygen atoms in total. The largest absolute Gasteiger partial charge is 0.494 e. The quantitative estimate of drug-likeness (QED) is 0.0603. The molecule has 2 aromatic heterocycles. The van der Waals surface area contributed by atoms with Gasteiger partial charge in [0, 0.05) is 111 Å². The lowest BCUT2D eigenvalue weighted by Gasteiger charge is -2.32. The zero-order valence-corrected chi connectivity index (χ0v) is 45.8. The van der Waals surface area contributed by atoms with Crippen LogP contribution in [0.4, 0.5) is 22.7 Å². The van der Waals surface area contributed by atoms with Gasteiger partial charge in [-0.15, -0.1) is 0 Å². The standard InChI is InChI=1S/2C31H33N5O4/c2*1-34-15-17-36(18-16-34)20-27(37)35(2)24-12-10-23(11-13-24)32-29(21-7-5-4-6-8-21)28-25-14-9-22(31(39)40-3)19-26(25)33-30(28)38/h2*4-14,19,33,38H,15-18,20H2,1-3H3. The Balaban J connectivity index is 0.000000194. The summed E-state index contributed by atoms with van der Waals surface area (Å²) in [5, 5.41) is 23.4. The SMILES string of the molecule is COC(=O)c1ccc2c(C(=Nc3ccc(N(C)C(=O)CN4CCN(C)CC4)cc3)c3ccccc3)c(O)[nH]c2c1.COC(=O)c1ccc2c(C(=Nc3ccc(N(C)C(=O)CN4CCN(C)CC4)cc3)c3ccccc3)c(O)[nH]c2c1. The zero-order chi connectivity index (χ0) is 56.5. The molecule has 0 unspecified atom stereocenters. The Labute approximate surface area is 464 Å². The molecule has 10 rings (SSSR count). The summed E-state index contributed by atoms with van der Waals surface area (Å²) in [7, 11) is 10.4. The first-order valence-electron chi connectivity index (χ1n) is 26.4. The third kappa shape index (κ3) is 13.0. The van der Waals surface area contributed by atoms with Crippen molar-refractivity contribution in [3.8, 4) is 11.8 Å². The Hall–Kier alpha value is -8.94. The van der Waals surface area contributed by atoms with Crippen LogP contribution < -0.4 is 9.80 Å². The number of aromatic nitrogens is 2. The van der Waals surface area contributed by atoms with Crippen LogP contribution in [0.15, 0.2) is 156 Å². The maximum absolute atomic E-state index is 12.9. The van der Waals surface area contributed by atoms with Crippen molar-refractivity contribution in [2.24, 2.45) is 9.98 Å². The summed E-state index contributed by atoms with van der Waals surface area (Å²) in [4.78, 5) is 78.0. The van der Waals surface area contributed by atoms with E-state index in [4.69, 9.17) is 19.5 Å². The summed E-state index contributed by atoms with van der Waals surface area (Å²) >= 11 is 0. The molecule has 0 radical (unpaired) electrons. The van der Waals surface area contributed by atoms with Crippen molar-refractivity contribution >= 4 is 79.7 Å². The number of carbonyl (C=O) groups excluding carboxylic acids is 4. The van der Waals surface area contributed by atoms with Gasteiger partial charge in [-0.1, -0.05) is 72.8 Å². The van der Waals surface area contributed by atoms with Gasteiger partial charge in [-0.3, -0.25) is 19.4 Å². The van der Waals surface area contributed by atoms with E-state index in [-0.39, 0.29) is 23.6 Å². The number of nitrogens with zero attached hydrogens (tertiary/aromatic N) is 8. The number of esters is 2. The number of hydrogen-bond donors (Lipinski definition) is 4. The molecule has 2 fully saturated rings. The van der Waals surface area contributed by atoms with Gasteiger partial charge in [-0.25, -0.2) is 19.6 Å². The number of ether oxygens (including phenoxy) is 2. The second kappa shape index (κ2) is 25.2. The molecule has 0 bridgehead atoms. The van der Waals surface area contributed by atoms with Crippen LogP contribution in [0.3, 0.4) is 0 Å². The van der Waals surface area contributed by atoms with Crippen LogP contribution in [-0.4, -0.2) is 183 Å². The number of rotatable bonds is 14. The number of benzene rings is 6. The fraction of sp³-hybridized carbons (Fsp3) is 0.258. The molecule has 2 saturated heterocycles. The predicted octanol–water partition coefficient (Wildman–Crippen LogP) is 8.08. The smallest absolute Gasteiger partial charge is 0.337 e. The number of methoxy groups -OCH3 is 2. The molecule has 4 N–H and O–H groups in total. The summed E-state index contributed by atoms with van der Waals surface area (Å²) in [6.07, 6.45) is 0. The number of aliphatic imine (C=N–C) groups is 2. The number of likely N-dealkylation sites (N-methyl/N-ethyl adjacent to an activating group) is 4. The van der Waals surface area contributed by atoms with E-state index in [1.54, 1.807) is 60.3 Å². The average molecular weight is 1080 g/mol. The molecular formula is C62H66N10O8. The fourth-order valence-electron chi connectivity index (χ4n) is 9.71. The third-order valence-corrected chi connectivity index (χ3v) is 14.6. The normalized spacial score (nSPS) is 14.8. The Kier molecular flexibility index (Phi) is 17.6. The van der Waals surface area contributed by atoms with Gasteiger partial charge in [-0.2, -0.15) is 0 Å². The number of carbonyl (C=O) groups is 4. The van der Waals surface area contributed by atoms with Gasteiger partial charge in [0.1, 0.15) is 0 Å². The Morgan fingerprint density at radius 1 is 0.487 bits per heavy atom. The topological polar surface area (TPSA) is 203 Å². The lowest BCUT2D eigenvalue weighted by molar-refractivity contribution is -0.120. The van der Waals surface area contributed by atoms with Gasteiger partial charge in [0.2, 0.25) is 11.8 Å². The lowest BCUT2D eigenvalue weighted by Crippen LogP contribution is -2.48. The predicted molar refractivity (Wildman–Crippen MR) is 314 cm³/mol. The van der Waals surface area contributed by atoms with Gasteiger partial charge in [-0.05, 0) is 86.9 Å². The highest BCUT2D eigenvalue weighted by Crippen LogP contribution is 2.35. The first kappa shape index (κ1) is 55.8. The molecule has 0 spiro atoms. The van der Waals surface area contributed by atoms with Crippen LogP contribution in [0.25, 0.3) is 21.8 Å². The lowest BCUT2D eigenvalue weighted by atomic mass is 10.00. The van der Waals surface area contributed by atoms with E-state index in [0.717, 1.165) is 85.6 Å². The number of aromatic amines is 2. The maximum atomic E-state index is 12.9. The molecule has 412 valence electrons. The number of fused-ring (bicyclic) bond motifs is 2. The summed E-state index contributed by atoms with van der Waals surface area (Å²) < 4.78 is 9.67. The maximum Gasteiger partial charge on any atom is 0.337 e. The molecule has 18 heteroatoms. The van der Waals surface area contributed by atoms with Gasteiger partial charge in [0.05, 0.1) is 72.4 Å². The highest BCUT2D eigenvalue weighted by Gasteiger charge is 2.24. The van der Waals surface area contributed by atoms with Gasteiger partial charge in [0.25, 0.3) is 0 Å². The summed E-state index contributed by atoms with van der Waals surface area (Å²) in [5.41, 5.74) is 8.68. The van der Waals surface area contributed by atoms with E-state index in [0.29, 0.717) is 69.2 Å². The average Bonchev–Trinajstić information content (AvgIpc) is 4.10. The number of hydrogen-bond acceptors (Lipinski definition) is 14. The van der Waals surface area contributed by atoms with Crippen LogP contribution in [0, 0.1) is 0 Å². The molecule has 80 heavy (non-hydrogen) atoms. The molecular weight excluding hydrogens is 1010 g/mol. The van der Waals surface area contributed by atoms with Crippen molar-refractivity contribution in [2.45, 2.75) is 0 Å². The van der Waals surface area contributed by atoms with Crippen LogP contribution in [0.1, 0.15) is 43.0 Å². The van der Waals surface area contributed by atoms with Crippen molar-refractivity contribution < 1.29 is 38.9 Å². The minimum atomic E-state index is -0.457. The van der Waals surface area contributed by atoms with Crippen LogP contribution >= 0.6 is 0 Å². The summed E-state index contributed by atoms with van der Waals surface area (Å²) in [5.74, 6) is -0.930. The van der Waals surface area contributed by atoms with Crippen molar-refractivity contribution in [1.29, 1.82) is 0 Å². The molecule has 8 aromatic rings. The van der Waals surface area contributed by atoms with Gasteiger partial charge < -0.3 is 49.3 Å². The zero-order valence-electron chi connectivity index (χ0n) is 45.8. The second-order valence-electron chi connectivity index (χ2n) is 20.0. The number of piperazine rings is 2. The third-order valence-electron chi connectivity index (χ3n) is 14.6. The Morgan fingerprint density at radius 3 is 1.18 bits per heavy atom. The van der Waals surface area contributed by atoms with Crippen LogP contribution in [-0.2, 0) is 19.1 Å². The molecule has 6 aromatic carbocycles. The minimum absolute atomic E-state index is 0.0424. The number of aromatic hydroxyl groups is 2. The van der Waals surface area contributed by atoms with Gasteiger partial charge >= 0.3 is 11.9 Å². The highest BCUT2D eigenvalue weighted by atomic mass is 16.5. The Bertz CT molecular complexity index is 3310. The van der Waals surface area contributed by atoms with Crippen molar-refractivity contribution in [3.63, 3.8) is 0 Å². The number of H-pyrrole nitrogens is 2. The van der Waals surface area contributed by atoms with Crippen molar-refractivity contribution in [1.82, 2.24) is 29.6 Å². The van der Waals surface area contributed by atoms with E-state index in [1.165, 1.54) is 14.2 Å². The minimum Gasteiger partial charge on any atom is -0.494 e. The van der Waals surface area contributed by atoms with E-state index in [2.05, 4.69) is 43.7 Å². The van der Waals surface area contributed by atoms with E-state index in [9.17, 15) is 29.4 Å². The Morgan fingerprint density at radius 2 is 0.838 bits per heavy atom. The fourth-order valence-corrected chi connectivity index (χ4v) is 9.71. The summed E-state index contributed by atoms with van der Waals surface area (Å²) in [6, 6.07) is 44.3. The second-order valence-corrected chi connectivity index (χ2v) is 20.0. The van der Waals surface area contributed by atoms with Crippen molar-refractivity contribution in [2.75, 3.05) is 118 Å².